The lowest BCUT2D eigenvalue weighted by Crippen LogP contribution is -2.31. The molecule has 5 rings (SSSR count). The number of aryl methyl sites for hydroxylation is 2. The van der Waals surface area contributed by atoms with E-state index in [1.807, 2.05) is 6.07 Å². The third-order valence-electron chi connectivity index (χ3n) is 5.95. The first kappa shape index (κ1) is 19.5. The summed E-state index contributed by atoms with van der Waals surface area (Å²) in [5, 5.41) is 2.16. The largest absolute Gasteiger partial charge is 0.437 e. The molecule has 3 nitrogen and oxygen atoms in total. The zero-order valence-electron chi connectivity index (χ0n) is 18.5. The van der Waals surface area contributed by atoms with Gasteiger partial charge in [0.25, 0.3) is 0 Å². The summed E-state index contributed by atoms with van der Waals surface area (Å²) in [5.74, 6) is 0.651. The van der Waals surface area contributed by atoms with Crippen molar-refractivity contribution >= 4 is 22.1 Å². The maximum Gasteiger partial charge on any atom is 0.227 e. The molecule has 0 amide bonds. The van der Waals surface area contributed by atoms with Crippen molar-refractivity contribution in [3.63, 3.8) is 0 Å². The Balaban J connectivity index is 1.75. The van der Waals surface area contributed by atoms with Gasteiger partial charge in [0, 0.05) is 23.0 Å². The highest BCUT2D eigenvalue weighted by Crippen LogP contribution is 2.39. The van der Waals surface area contributed by atoms with Gasteiger partial charge in [-0.25, -0.2) is 9.55 Å². The van der Waals surface area contributed by atoms with Gasteiger partial charge < -0.3 is 4.42 Å². The third kappa shape index (κ3) is 3.40. The Labute approximate surface area is 183 Å². The Morgan fingerprint density at radius 1 is 0.935 bits per heavy atom. The molecular formula is C28H27N2O+. The molecule has 0 aliphatic heterocycles. The average Bonchev–Trinajstić information content (AvgIpc) is 3.13. The van der Waals surface area contributed by atoms with Crippen LogP contribution >= 0.6 is 0 Å². The van der Waals surface area contributed by atoms with E-state index in [2.05, 4.69) is 98.2 Å². The molecule has 0 saturated heterocycles. The zero-order chi connectivity index (χ0) is 21.5. The van der Waals surface area contributed by atoms with Crippen LogP contribution in [-0.4, -0.2) is 4.98 Å². The van der Waals surface area contributed by atoms with Crippen LogP contribution in [0, 0.1) is 12.8 Å². The fraction of sp³-hybridized carbons (Fsp3) is 0.214. The van der Waals surface area contributed by atoms with Gasteiger partial charge in [0.05, 0.1) is 11.1 Å². The summed E-state index contributed by atoms with van der Waals surface area (Å²) in [7, 11) is 2.10. The molecule has 0 spiro atoms. The van der Waals surface area contributed by atoms with Crippen LogP contribution in [0.1, 0.15) is 25.0 Å². The van der Waals surface area contributed by atoms with Crippen molar-refractivity contribution in [1.29, 1.82) is 0 Å². The number of nitrogens with zero attached hydrogens (tertiary/aromatic N) is 2. The van der Waals surface area contributed by atoms with Crippen LogP contribution < -0.4 is 4.57 Å². The number of rotatable bonds is 4. The molecule has 0 bridgehead atoms. The van der Waals surface area contributed by atoms with Crippen molar-refractivity contribution in [3.8, 4) is 22.4 Å². The first-order chi connectivity index (χ1) is 15.0. The number of aromatic nitrogens is 2. The molecule has 0 atom stereocenters. The second-order valence-electron chi connectivity index (χ2n) is 8.77. The van der Waals surface area contributed by atoms with Crippen molar-refractivity contribution in [2.75, 3.05) is 0 Å². The summed E-state index contributed by atoms with van der Waals surface area (Å²) >= 11 is 0. The maximum absolute atomic E-state index is 6.30. The van der Waals surface area contributed by atoms with Crippen LogP contribution in [0.3, 0.4) is 0 Å². The van der Waals surface area contributed by atoms with Gasteiger partial charge in [-0.15, -0.1) is 0 Å². The van der Waals surface area contributed by atoms with Crippen molar-refractivity contribution in [2.45, 2.75) is 27.2 Å². The summed E-state index contributed by atoms with van der Waals surface area (Å²) in [6.45, 7) is 6.67. The quantitative estimate of drug-likeness (QED) is 0.312. The SMILES string of the molecule is Cc1ccc2c(oc3ncccc32)c1-c1c(-c2ccc(CC(C)C)cc2)ccc[n+]1C. The normalized spacial score (nSPS) is 11.6. The third-order valence-corrected chi connectivity index (χ3v) is 5.95. The monoisotopic (exact) mass is 407 g/mol. The minimum Gasteiger partial charge on any atom is -0.437 e. The molecule has 154 valence electrons. The fourth-order valence-electron chi connectivity index (χ4n) is 4.51. The minimum atomic E-state index is 0.651. The van der Waals surface area contributed by atoms with Crippen molar-refractivity contribution in [2.24, 2.45) is 13.0 Å². The molecule has 0 saturated carbocycles. The van der Waals surface area contributed by atoms with E-state index < -0.39 is 0 Å². The lowest BCUT2D eigenvalue weighted by molar-refractivity contribution is -0.659. The lowest BCUT2D eigenvalue weighted by atomic mass is 9.93. The summed E-state index contributed by atoms with van der Waals surface area (Å²) in [6, 6.07) is 21.7. The molecule has 0 aliphatic carbocycles. The molecule has 3 heterocycles. The molecular weight excluding hydrogens is 380 g/mol. The summed E-state index contributed by atoms with van der Waals surface area (Å²) in [4.78, 5) is 4.45. The Morgan fingerprint density at radius 3 is 2.52 bits per heavy atom. The van der Waals surface area contributed by atoms with Crippen LogP contribution in [-0.2, 0) is 13.5 Å². The van der Waals surface area contributed by atoms with Gasteiger partial charge in [0.1, 0.15) is 7.05 Å². The molecule has 2 aromatic carbocycles. The number of hydrogen-bond acceptors (Lipinski definition) is 2. The van der Waals surface area contributed by atoms with Crippen molar-refractivity contribution in [3.05, 3.63) is 84.2 Å². The first-order valence-corrected chi connectivity index (χ1v) is 10.9. The molecule has 5 aromatic rings. The molecule has 3 heteroatoms. The number of hydrogen-bond donors (Lipinski definition) is 0. The Bertz CT molecular complexity index is 1390. The van der Waals surface area contributed by atoms with Crippen LogP contribution in [0.5, 0.6) is 0 Å². The van der Waals surface area contributed by atoms with E-state index >= 15 is 0 Å². The van der Waals surface area contributed by atoms with Gasteiger partial charge in [0.2, 0.25) is 11.4 Å². The van der Waals surface area contributed by atoms with E-state index in [0.717, 1.165) is 34.0 Å². The van der Waals surface area contributed by atoms with Crippen molar-refractivity contribution in [1.82, 2.24) is 4.98 Å². The lowest BCUT2D eigenvalue weighted by Gasteiger charge is -2.11. The number of benzene rings is 2. The van der Waals surface area contributed by atoms with Crippen LogP contribution in [0.25, 0.3) is 44.5 Å². The van der Waals surface area contributed by atoms with E-state index in [0.29, 0.717) is 11.6 Å². The molecule has 0 unspecified atom stereocenters. The second kappa shape index (κ2) is 7.66. The van der Waals surface area contributed by atoms with Crippen LogP contribution in [0.15, 0.2) is 77.5 Å². The predicted octanol–water partition coefficient (Wildman–Crippen LogP) is 6.65. The Morgan fingerprint density at radius 2 is 1.74 bits per heavy atom. The zero-order valence-corrected chi connectivity index (χ0v) is 18.5. The summed E-state index contributed by atoms with van der Waals surface area (Å²) in [5.41, 5.74) is 8.83. The predicted molar refractivity (Wildman–Crippen MR) is 127 cm³/mol. The number of furan rings is 1. The van der Waals surface area contributed by atoms with E-state index in [1.165, 1.54) is 22.3 Å². The van der Waals surface area contributed by atoms with E-state index in [1.54, 1.807) is 6.20 Å². The van der Waals surface area contributed by atoms with Gasteiger partial charge in [-0.05, 0) is 54.2 Å². The topological polar surface area (TPSA) is 29.9 Å². The minimum absolute atomic E-state index is 0.651. The van der Waals surface area contributed by atoms with Crippen LogP contribution in [0.2, 0.25) is 0 Å². The highest BCUT2D eigenvalue weighted by atomic mass is 16.3. The van der Waals surface area contributed by atoms with Gasteiger partial charge in [0.15, 0.2) is 11.8 Å². The van der Waals surface area contributed by atoms with E-state index in [4.69, 9.17) is 4.42 Å². The number of pyridine rings is 2. The van der Waals surface area contributed by atoms with Gasteiger partial charge >= 0.3 is 0 Å². The van der Waals surface area contributed by atoms with Gasteiger partial charge in [-0.3, -0.25) is 0 Å². The fourth-order valence-corrected chi connectivity index (χ4v) is 4.51. The van der Waals surface area contributed by atoms with E-state index in [9.17, 15) is 0 Å². The van der Waals surface area contributed by atoms with E-state index in [-0.39, 0.29) is 0 Å². The smallest absolute Gasteiger partial charge is 0.227 e. The molecule has 0 aliphatic rings. The van der Waals surface area contributed by atoms with Gasteiger partial charge in [-0.1, -0.05) is 50.2 Å². The molecule has 0 N–H and O–H groups in total. The summed E-state index contributed by atoms with van der Waals surface area (Å²) in [6.07, 6.45) is 4.98. The van der Waals surface area contributed by atoms with Crippen molar-refractivity contribution < 1.29 is 8.98 Å². The maximum atomic E-state index is 6.30. The molecule has 31 heavy (non-hydrogen) atoms. The first-order valence-electron chi connectivity index (χ1n) is 10.9. The highest BCUT2D eigenvalue weighted by molar-refractivity contribution is 6.09. The summed E-state index contributed by atoms with van der Waals surface area (Å²) < 4.78 is 8.50. The standard InChI is InChI=1S/C28H27N2O/c1-18(2)17-20-10-12-21(13-11-20)22-8-6-16-30(4)26(22)25-19(3)9-14-23-24-7-5-15-29-28(24)31-27(23)25/h5-16,18H,17H2,1-4H3/q+1. The number of fused-ring (bicyclic) bond motifs is 3. The molecule has 3 aromatic heterocycles. The Kier molecular flexibility index (Phi) is 4.82. The molecule has 0 fully saturated rings. The average molecular weight is 408 g/mol. The highest BCUT2D eigenvalue weighted by Gasteiger charge is 2.24. The molecule has 0 radical (unpaired) electrons. The van der Waals surface area contributed by atoms with Gasteiger partial charge in [-0.2, -0.15) is 0 Å². The Hall–Kier alpha value is -3.46. The van der Waals surface area contributed by atoms with Crippen LogP contribution in [0.4, 0.5) is 0 Å². The second-order valence-corrected chi connectivity index (χ2v) is 8.77.